The first-order valence-corrected chi connectivity index (χ1v) is 10.3. The summed E-state index contributed by atoms with van der Waals surface area (Å²) in [7, 11) is 0. The van der Waals surface area contributed by atoms with Gasteiger partial charge in [-0.25, -0.2) is 0 Å². The molecule has 4 rings (SSSR count). The maximum atomic E-state index is 12.7. The Balaban J connectivity index is 1.66. The van der Waals surface area contributed by atoms with Gasteiger partial charge in [-0.3, -0.25) is 0 Å². The average Bonchev–Trinajstić information content (AvgIpc) is 2.78. The van der Waals surface area contributed by atoms with E-state index in [0.717, 1.165) is 24.2 Å². The van der Waals surface area contributed by atoms with Gasteiger partial charge >= 0.3 is 6.36 Å². The van der Waals surface area contributed by atoms with Crippen LogP contribution in [0.4, 0.5) is 13.2 Å². The summed E-state index contributed by atoms with van der Waals surface area (Å²) in [6.07, 6.45) is -4.00. The highest BCUT2D eigenvalue weighted by atomic mass is 19.4. The van der Waals surface area contributed by atoms with Gasteiger partial charge in [-0.2, -0.15) is 0 Å². The number of hydrogen-bond acceptors (Lipinski definition) is 3. The van der Waals surface area contributed by atoms with Crippen LogP contribution in [0.15, 0.2) is 78.9 Å². The number of ether oxygens (including phenoxy) is 2. The number of alkyl halides is 3. The lowest BCUT2D eigenvalue weighted by atomic mass is 9.84. The SMILES string of the molecule is FC(F)(F)Oc1cccc(-c2ccccc2C[C@H](c2ccccc2)[C@H]2CNCCO2)c1. The number of halogens is 3. The van der Waals surface area contributed by atoms with Crippen LogP contribution in [0, 0.1) is 0 Å². The van der Waals surface area contributed by atoms with Crippen LogP contribution in [0.5, 0.6) is 5.75 Å². The smallest absolute Gasteiger partial charge is 0.406 e. The maximum absolute atomic E-state index is 12.7. The van der Waals surface area contributed by atoms with Crippen LogP contribution in [0.25, 0.3) is 11.1 Å². The normalized spacial score (nSPS) is 17.8. The van der Waals surface area contributed by atoms with Gasteiger partial charge in [0.05, 0.1) is 12.7 Å². The van der Waals surface area contributed by atoms with Crippen LogP contribution in [-0.4, -0.2) is 32.2 Å². The predicted octanol–water partition coefficient (Wildman–Crippen LogP) is 5.57. The molecule has 3 aromatic carbocycles. The molecule has 0 spiro atoms. The first-order chi connectivity index (χ1) is 15.0. The second-order valence-corrected chi connectivity index (χ2v) is 7.57. The molecule has 0 saturated carbocycles. The minimum absolute atomic E-state index is 0.0177. The lowest BCUT2D eigenvalue weighted by molar-refractivity contribution is -0.274. The summed E-state index contributed by atoms with van der Waals surface area (Å²) in [5, 5.41) is 3.40. The minimum atomic E-state index is -4.72. The third-order valence-electron chi connectivity index (χ3n) is 5.47. The molecule has 0 bridgehead atoms. The number of hydrogen-bond donors (Lipinski definition) is 1. The van der Waals surface area contributed by atoms with Gasteiger partial charge in [0.2, 0.25) is 0 Å². The molecule has 3 aromatic rings. The van der Waals surface area contributed by atoms with Gasteiger partial charge in [-0.15, -0.1) is 13.2 Å². The Morgan fingerprint density at radius 3 is 2.48 bits per heavy atom. The Hall–Kier alpha value is -2.83. The first kappa shape index (κ1) is 21.4. The van der Waals surface area contributed by atoms with Crippen molar-refractivity contribution >= 4 is 0 Å². The van der Waals surface area contributed by atoms with Crippen molar-refractivity contribution in [2.24, 2.45) is 0 Å². The molecule has 0 unspecified atom stereocenters. The summed E-state index contributed by atoms with van der Waals surface area (Å²) in [4.78, 5) is 0. The highest BCUT2D eigenvalue weighted by Crippen LogP contribution is 2.34. The largest absolute Gasteiger partial charge is 0.573 e. The molecular weight excluding hydrogens is 403 g/mol. The third kappa shape index (κ3) is 5.66. The van der Waals surface area contributed by atoms with Crippen molar-refractivity contribution in [3.63, 3.8) is 0 Å². The fraction of sp³-hybridized carbons (Fsp3) is 0.280. The maximum Gasteiger partial charge on any atom is 0.573 e. The minimum Gasteiger partial charge on any atom is -0.406 e. The molecule has 6 heteroatoms. The van der Waals surface area contributed by atoms with Crippen LogP contribution in [0.1, 0.15) is 17.0 Å². The number of rotatable bonds is 6. The molecule has 0 radical (unpaired) electrons. The van der Waals surface area contributed by atoms with E-state index in [4.69, 9.17) is 4.74 Å². The molecule has 1 fully saturated rings. The number of morpholine rings is 1. The van der Waals surface area contributed by atoms with Crippen molar-refractivity contribution in [1.82, 2.24) is 5.32 Å². The molecule has 0 aromatic heterocycles. The van der Waals surface area contributed by atoms with Crippen molar-refractivity contribution in [2.75, 3.05) is 19.7 Å². The summed E-state index contributed by atoms with van der Waals surface area (Å²) in [5.74, 6) is -0.107. The van der Waals surface area contributed by atoms with Gasteiger partial charge in [0.1, 0.15) is 5.75 Å². The third-order valence-corrected chi connectivity index (χ3v) is 5.47. The molecular formula is C25H24F3NO2. The summed E-state index contributed by atoms with van der Waals surface area (Å²) in [6.45, 7) is 2.25. The van der Waals surface area contributed by atoms with Gasteiger partial charge in [-0.1, -0.05) is 66.7 Å². The monoisotopic (exact) mass is 427 g/mol. The molecule has 1 aliphatic heterocycles. The second-order valence-electron chi connectivity index (χ2n) is 7.57. The van der Waals surface area contributed by atoms with E-state index in [1.54, 1.807) is 12.1 Å². The fourth-order valence-corrected chi connectivity index (χ4v) is 4.09. The van der Waals surface area contributed by atoms with Crippen molar-refractivity contribution < 1.29 is 22.6 Å². The van der Waals surface area contributed by atoms with Gasteiger partial charge in [0.15, 0.2) is 0 Å². The highest BCUT2D eigenvalue weighted by Gasteiger charge is 2.31. The lowest BCUT2D eigenvalue weighted by Crippen LogP contribution is -2.42. The zero-order valence-electron chi connectivity index (χ0n) is 16.9. The summed E-state index contributed by atoms with van der Waals surface area (Å²) < 4.78 is 48.2. The van der Waals surface area contributed by atoms with E-state index in [-0.39, 0.29) is 17.8 Å². The van der Waals surface area contributed by atoms with Crippen molar-refractivity contribution in [2.45, 2.75) is 24.8 Å². The number of benzene rings is 3. The van der Waals surface area contributed by atoms with Gasteiger partial charge in [0.25, 0.3) is 0 Å². The Morgan fingerprint density at radius 2 is 1.74 bits per heavy atom. The van der Waals surface area contributed by atoms with E-state index in [2.05, 4.69) is 22.2 Å². The van der Waals surface area contributed by atoms with Crippen LogP contribution >= 0.6 is 0 Å². The Morgan fingerprint density at radius 1 is 0.968 bits per heavy atom. The average molecular weight is 427 g/mol. The zero-order valence-corrected chi connectivity index (χ0v) is 16.9. The van der Waals surface area contributed by atoms with Crippen molar-refractivity contribution in [1.29, 1.82) is 0 Å². The molecule has 3 nitrogen and oxygen atoms in total. The molecule has 162 valence electrons. The van der Waals surface area contributed by atoms with Crippen LogP contribution in [-0.2, 0) is 11.2 Å². The molecule has 2 atom stereocenters. The van der Waals surface area contributed by atoms with Gasteiger partial charge < -0.3 is 14.8 Å². The highest BCUT2D eigenvalue weighted by molar-refractivity contribution is 5.69. The van der Waals surface area contributed by atoms with Crippen molar-refractivity contribution in [3.05, 3.63) is 90.0 Å². The second kappa shape index (κ2) is 9.54. The van der Waals surface area contributed by atoms with E-state index >= 15 is 0 Å². The summed E-state index contributed by atoms with van der Waals surface area (Å²) >= 11 is 0. The summed E-state index contributed by atoms with van der Waals surface area (Å²) in [5.41, 5.74) is 3.81. The topological polar surface area (TPSA) is 30.5 Å². The van der Waals surface area contributed by atoms with Crippen molar-refractivity contribution in [3.8, 4) is 16.9 Å². The Kier molecular flexibility index (Phi) is 6.59. The quantitative estimate of drug-likeness (QED) is 0.558. The Labute approximate surface area is 179 Å². The van der Waals surface area contributed by atoms with E-state index in [1.165, 1.54) is 17.7 Å². The molecule has 0 aliphatic carbocycles. The van der Waals surface area contributed by atoms with E-state index in [0.29, 0.717) is 18.6 Å². The lowest BCUT2D eigenvalue weighted by Gasteiger charge is -2.32. The molecule has 1 aliphatic rings. The van der Waals surface area contributed by atoms with Crippen LogP contribution < -0.4 is 10.1 Å². The molecule has 1 N–H and O–H groups in total. The fourth-order valence-electron chi connectivity index (χ4n) is 4.09. The molecule has 31 heavy (non-hydrogen) atoms. The Bertz CT molecular complexity index is 985. The van der Waals surface area contributed by atoms with E-state index in [9.17, 15) is 13.2 Å². The van der Waals surface area contributed by atoms with Gasteiger partial charge in [-0.05, 0) is 40.8 Å². The van der Waals surface area contributed by atoms with Gasteiger partial charge in [0, 0.05) is 19.0 Å². The first-order valence-electron chi connectivity index (χ1n) is 10.3. The van der Waals surface area contributed by atoms with Crippen LogP contribution in [0.2, 0.25) is 0 Å². The molecule has 1 saturated heterocycles. The van der Waals surface area contributed by atoms with E-state index in [1.807, 2.05) is 42.5 Å². The zero-order chi connectivity index (χ0) is 21.7. The number of nitrogens with one attached hydrogen (secondary N) is 1. The predicted molar refractivity (Wildman–Crippen MR) is 114 cm³/mol. The van der Waals surface area contributed by atoms with E-state index < -0.39 is 6.36 Å². The van der Waals surface area contributed by atoms with Crippen LogP contribution in [0.3, 0.4) is 0 Å². The molecule has 1 heterocycles. The molecule has 0 amide bonds. The summed E-state index contributed by atoms with van der Waals surface area (Å²) in [6, 6.07) is 24.2. The standard InChI is InChI=1S/C25H24F3NO2/c26-25(27,28)31-21-11-6-10-19(15-21)22-12-5-4-9-20(22)16-23(18-7-2-1-3-8-18)24-17-29-13-14-30-24/h1-12,15,23-24,29H,13-14,16-17H2/t23-,24-/m1/s1.